The van der Waals surface area contributed by atoms with Crippen molar-refractivity contribution in [2.75, 3.05) is 5.32 Å². The van der Waals surface area contributed by atoms with Crippen LogP contribution in [0.2, 0.25) is 0 Å². The van der Waals surface area contributed by atoms with Crippen molar-refractivity contribution in [1.29, 1.82) is 0 Å². The Bertz CT molecular complexity index is 1290. The van der Waals surface area contributed by atoms with Crippen LogP contribution in [0.4, 0.5) is 15.8 Å². The zero-order chi connectivity index (χ0) is 24.0. The molecule has 3 aromatic carbocycles. The SMILES string of the molecule is O=C(O)c1cccc2c1N[C@H](c1ccccc1F)[C@@H]1C[C@H](Sc3ccccc3[N+](=O)[O-])[C@H](Cl)[C@H]21. The van der Waals surface area contributed by atoms with E-state index in [0.717, 1.165) is 5.56 Å². The van der Waals surface area contributed by atoms with Crippen LogP contribution in [0, 0.1) is 21.8 Å². The van der Waals surface area contributed by atoms with E-state index in [9.17, 15) is 24.4 Å². The summed E-state index contributed by atoms with van der Waals surface area (Å²) in [6.07, 6.45) is 0.582. The predicted octanol–water partition coefficient (Wildman–Crippen LogP) is 6.47. The van der Waals surface area contributed by atoms with E-state index in [2.05, 4.69) is 5.32 Å². The molecule has 5 atom stereocenters. The lowest BCUT2D eigenvalue weighted by Gasteiger charge is -2.39. The number of alkyl halides is 1. The fourth-order valence-corrected chi connectivity index (χ4v) is 7.17. The number of anilines is 1. The molecule has 0 amide bonds. The van der Waals surface area contributed by atoms with Gasteiger partial charge in [-0.05, 0) is 36.1 Å². The second-order valence-electron chi connectivity index (χ2n) is 8.47. The van der Waals surface area contributed by atoms with Crippen LogP contribution in [0.15, 0.2) is 71.6 Å². The number of benzene rings is 3. The van der Waals surface area contributed by atoms with E-state index in [1.54, 1.807) is 42.5 Å². The molecule has 1 heterocycles. The second kappa shape index (κ2) is 8.92. The summed E-state index contributed by atoms with van der Waals surface area (Å²) in [6, 6.07) is 17.6. The zero-order valence-corrected chi connectivity index (χ0v) is 19.3. The van der Waals surface area contributed by atoms with Gasteiger partial charge in [-0.2, -0.15) is 0 Å². The van der Waals surface area contributed by atoms with E-state index < -0.39 is 22.3 Å². The summed E-state index contributed by atoms with van der Waals surface area (Å²) in [5, 5.41) is 24.0. The molecule has 1 aliphatic carbocycles. The zero-order valence-electron chi connectivity index (χ0n) is 17.7. The smallest absolute Gasteiger partial charge is 0.337 e. The lowest BCUT2D eigenvalue weighted by atomic mass is 9.76. The van der Waals surface area contributed by atoms with Crippen molar-refractivity contribution in [3.63, 3.8) is 0 Å². The summed E-state index contributed by atoms with van der Waals surface area (Å²) in [6.45, 7) is 0. The minimum Gasteiger partial charge on any atom is -0.478 e. The Morgan fingerprint density at radius 2 is 1.79 bits per heavy atom. The number of hydrogen-bond acceptors (Lipinski definition) is 5. The molecule has 2 aliphatic rings. The van der Waals surface area contributed by atoms with Gasteiger partial charge in [0.2, 0.25) is 0 Å². The summed E-state index contributed by atoms with van der Waals surface area (Å²) in [7, 11) is 0. The maximum atomic E-state index is 14.9. The number of hydrogen-bond donors (Lipinski definition) is 2. The fraction of sp³-hybridized carbons (Fsp3) is 0.240. The largest absolute Gasteiger partial charge is 0.478 e. The first kappa shape index (κ1) is 22.7. The van der Waals surface area contributed by atoms with Crippen molar-refractivity contribution in [2.45, 2.75) is 33.9 Å². The molecule has 6 nitrogen and oxygen atoms in total. The number of carboxylic acid groups (broad SMARTS) is 1. The van der Waals surface area contributed by atoms with Gasteiger partial charge in [0.15, 0.2) is 0 Å². The van der Waals surface area contributed by atoms with E-state index in [1.165, 1.54) is 30.0 Å². The van der Waals surface area contributed by atoms with Gasteiger partial charge in [0.1, 0.15) is 5.82 Å². The third-order valence-corrected chi connectivity index (χ3v) is 8.77. The molecule has 5 rings (SSSR count). The molecular weight excluding hydrogens is 479 g/mol. The molecule has 9 heteroatoms. The third-order valence-electron chi connectivity index (χ3n) is 6.66. The highest BCUT2D eigenvalue weighted by atomic mass is 35.5. The van der Waals surface area contributed by atoms with E-state index >= 15 is 0 Å². The van der Waals surface area contributed by atoms with Crippen LogP contribution in [-0.4, -0.2) is 26.6 Å². The molecule has 174 valence electrons. The number of rotatable bonds is 5. The van der Waals surface area contributed by atoms with Crippen LogP contribution in [0.5, 0.6) is 0 Å². The number of fused-ring (bicyclic) bond motifs is 3. The minimum atomic E-state index is -1.08. The summed E-state index contributed by atoms with van der Waals surface area (Å²) in [4.78, 5) is 23.6. The molecule has 0 spiro atoms. The normalized spacial score (nSPS) is 25.2. The second-order valence-corrected chi connectivity index (χ2v) is 10.3. The summed E-state index contributed by atoms with van der Waals surface area (Å²) < 4.78 is 14.9. The standard InChI is InChI=1S/C25H20ClFN2O4S/c26-22-20(34-19-11-4-3-10-18(19)29(32)33)12-16-21(22)14-7-5-8-15(25(30)31)24(14)28-23(16)13-6-1-2-9-17(13)27/h1-11,16,20-23,28H,12H2,(H,30,31)/t16-,20+,21-,22+,23-/m1/s1. The van der Waals surface area contributed by atoms with Crippen LogP contribution in [0.1, 0.15) is 39.9 Å². The summed E-state index contributed by atoms with van der Waals surface area (Å²) in [5.41, 5.74) is 1.80. The lowest BCUT2D eigenvalue weighted by Crippen LogP contribution is -2.32. The number of halogens is 2. The topological polar surface area (TPSA) is 92.5 Å². The number of nitro groups is 1. The van der Waals surface area contributed by atoms with E-state index in [-0.39, 0.29) is 34.2 Å². The monoisotopic (exact) mass is 498 g/mol. The maximum Gasteiger partial charge on any atom is 0.337 e. The average Bonchev–Trinajstić information content (AvgIpc) is 3.15. The van der Waals surface area contributed by atoms with Gasteiger partial charge in [0, 0.05) is 22.8 Å². The quantitative estimate of drug-likeness (QED) is 0.238. The Balaban J connectivity index is 1.59. The van der Waals surface area contributed by atoms with Gasteiger partial charge in [-0.25, -0.2) is 9.18 Å². The van der Waals surface area contributed by atoms with Gasteiger partial charge in [0.25, 0.3) is 5.69 Å². The number of carboxylic acids is 1. The number of thioether (sulfide) groups is 1. The predicted molar refractivity (Wildman–Crippen MR) is 129 cm³/mol. The van der Waals surface area contributed by atoms with E-state index in [1.807, 2.05) is 6.07 Å². The highest BCUT2D eigenvalue weighted by molar-refractivity contribution is 8.00. The highest BCUT2D eigenvalue weighted by Crippen LogP contribution is 2.58. The molecule has 34 heavy (non-hydrogen) atoms. The number of nitrogens with one attached hydrogen (secondary N) is 1. The van der Waals surface area contributed by atoms with Gasteiger partial charge in [-0.1, -0.05) is 42.5 Å². The number of para-hydroxylation sites is 2. The molecule has 2 N–H and O–H groups in total. The number of carbonyl (C=O) groups is 1. The van der Waals surface area contributed by atoms with Gasteiger partial charge in [-0.3, -0.25) is 10.1 Å². The summed E-state index contributed by atoms with van der Waals surface area (Å²) >= 11 is 8.38. The molecule has 0 unspecified atom stereocenters. The van der Waals surface area contributed by atoms with Crippen LogP contribution >= 0.6 is 23.4 Å². The molecule has 1 aliphatic heterocycles. The molecule has 0 bridgehead atoms. The van der Waals surface area contributed by atoms with Crippen LogP contribution in [0.3, 0.4) is 0 Å². The van der Waals surface area contributed by atoms with Gasteiger partial charge in [-0.15, -0.1) is 23.4 Å². The van der Waals surface area contributed by atoms with Crippen molar-refractivity contribution in [3.05, 3.63) is 99.4 Å². The summed E-state index contributed by atoms with van der Waals surface area (Å²) in [5.74, 6) is -1.83. The average molecular weight is 499 g/mol. The van der Waals surface area contributed by atoms with Crippen molar-refractivity contribution in [2.24, 2.45) is 5.92 Å². The number of nitro benzene ring substituents is 1. The van der Waals surface area contributed by atoms with Crippen LogP contribution in [0.25, 0.3) is 0 Å². The van der Waals surface area contributed by atoms with Crippen molar-refractivity contribution in [1.82, 2.24) is 0 Å². The van der Waals surface area contributed by atoms with Crippen molar-refractivity contribution in [3.8, 4) is 0 Å². The molecule has 0 radical (unpaired) electrons. The third kappa shape index (κ3) is 3.80. The Hall–Kier alpha value is -3.10. The van der Waals surface area contributed by atoms with E-state index in [0.29, 0.717) is 22.6 Å². The Kier molecular flexibility index (Phi) is 5.95. The van der Waals surface area contributed by atoms with Gasteiger partial charge in [0.05, 0.1) is 32.5 Å². The Labute approximate surface area is 204 Å². The van der Waals surface area contributed by atoms with Crippen molar-refractivity contribution < 1.29 is 19.2 Å². The van der Waals surface area contributed by atoms with Gasteiger partial charge < -0.3 is 10.4 Å². The fourth-order valence-electron chi connectivity index (χ4n) is 5.23. The van der Waals surface area contributed by atoms with E-state index in [4.69, 9.17) is 11.6 Å². The first-order chi connectivity index (χ1) is 16.4. The molecule has 0 aromatic heterocycles. The lowest BCUT2D eigenvalue weighted by molar-refractivity contribution is -0.387. The molecular formula is C25H20ClFN2O4S. The first-order valence-corrected chi connectivity index (χ1v) is 12.1. The molecule has 1 saturated carbocycles. The highest BCUT2D eigenvalue weighted by Gasteiger charge is 2.51. The van der Waals surface area contributed by atoms with Crippen LogP contribution in [-0.2, 0) is 0 Å². The maximum absolute atomic E-state index is 14.9. The van der Waals surface area contributed by atoms with Crippen molar-refractivity contribution >= 4 is 40.7 Å². The number of nitrogens with zero attached hydrogens (tertiary/aromatic N) is 1. The molecule has 1 fully saturated rings. The Morgan fingerprint density at radius 1 is 1.09 bits per heavy atom. The first-order valence-electron chi connectivity index (χ1n) is 10.8. The molecule has 3 aromatic rings. The molecule has 0 saturated heterocycles. The minimum absolute atomic E-state index is 0.0172. The number of aromatic carboxylic acids is 1. The van der Waals surface area contributed by atoms with Crippen LogP contribution < -0.4 is 5.32 Å². The Morgan fingerprint density at radius 3 is 2.53 bits per heavy atom. The van der Waals surface area contributed by atoms with Gasteiger partial charge >= 0.3 is 5.97 Å².